The fourth-order valence-corrected chi connectivity index (χ4v) is 2.13. The number of nitrogens with zero attached hydrogens (tertiary/aromatic N) is 3. The molecular formula is C14H18ClN5O. The molecular weight excluding hydrogens is 290 g/mol. The molecule has 0 fully saturated rings. The summed E-state index contributed by atoms with van der Waals surface area (Å²) in [4.78, 5) is 14.2. The van der Waals surface area contributed by atoms with Gasteiger partial charge in [-0.25, -0.2) is 0 Å². The van der Waals surface area contributed by atoms with Crippen molar-refractivity contribution < 1.29 is 4.79 Å². The number of hydrogen-bond acceptors (Lipinski definition) is 4. The van der Waals surface area contributed by atoms with Crippen LogP contribution in [0.5, 0.6) is 0 Å². The number of halogens is 1. The molecule has 0 aliphatic heterocycles. The average Bonchev–Trinajstić information content (AvgIpc) is 2.84. The van der Waals surface area contributed by atoms with Crippen molar-refractivity contribution in [3.05, 3.63) is 41.2 Å². The lowest BCUT2D eigenvalue weighted by Crippen LogP contribution is -2.28. The van der Waals surface area contributed by atoms with Crippen molar-refractivity contribution in [1.82, 2.24) is 9.78 Å². The number of amides is 1. The molecule has 0 spiro atoms. The standard InChI is InChI=1S/C14H18ClN5O/c1-19(2)12-5-4-10(15)6-11(12)18-14(21)13(16)9-7-17-20(3)8-9/h4-8,13H,16H2,1-3H3,(H,18,21). The summed E-state index contributed by atoms with van der Waals surface area (Å²) in [6.07, 6.45) is 3.30. The van der Waals surface area contributed by atoms with E-state index >= 15 is 0 Å². The Labute approximate surface area is 128 Å². The lowest BCUT2D eigenvalue weighted by Gasteiger charge is -2.19. The van der Waals surface area contributed by atoms with Gasteiger partial charge in [-0.3, -0.25) is 9.48 Å². The van der Waals surface area contributed by atoms with Crippen LogP contribution in [0.2, 0.25) is 5.02 Å². The number of benzene rings is 1. The Bertz CT molecular complexity index is 653. The highest BCUT2D eigenvalue weighted by Crippen LogP contribution is 2.28. The van der Waals surface area contributed by atoms with Crippen molar-refractivity contribution in [2.75, 3.05) is 24.3 Å². The summed E-state index contributed by atoms with van der Waals surface area (Å²) in [5.41, 5.74) is 8.08. The Morgan fingerprint density at radius 3 is 2.76 bits per heavy atom. The number of anilines is 2. The molecule has 0 radical (unpaired) electrons. The normalized spacial score (nSPS) is 12.0. The van der Waals surface area contributed by atoms with E-state index in [4.69, 9.17) is 17.3 Å². The molecule has 21 heavy (non-hydrogen) atoms. The van der Waals surface area contributed by atoms with Gasteiger partial charge in [0, 0.05) is 37.9 Å². The number of nitrogens with one attached hydrogen (secondary N) is 1. The van der Waals surface area contributed by atoms with E-state index in [9.17, 15) is 4.79 Å². The molecule has 0 saturated heterocycles. The Balaban J connectivity index is 2.21. The molecule has 0 bridgehead atoms. The van der Waals surface area contributed by atoms with E-state index in [1.807, 2.05) is 25.1 Å². The number of rotatable bonds is 4. The molecule has 0 aliphatic carbocycles. The molecule has 7 heteroatoms. The van der Waals surface area contributed by atoms with Crippen LogP contribution < -0.4 is 16.0 Å². The molecule has 1 aromatic carbocycles. The first-order valence-electron chi connectivity index (χ1n) is 6.40. The molecule has 2 aromatic rings. The van der Waals surface area contributed by atoms with Gasteiger partial charge >= 0.3 is 0 Å². The second kappa shape index (κ2) is 6.15. The number of carbonyl (C=O) groups excluding carboxylic acids is 1. The third kappa shape index (κ3) is 3.53. The maximum absolute atomic E-state index is 12.3. The van der Waals surface area contributed by atoms with E-state index in [1.165, 1.54) is 0 Å². The summed E-state index contributed by atoms with van der Waals surface area (Å²) in [6, 6.07) is 4.53. The zero-order chi connectivity index (χ0) is 15.6. The van der Waals surface area contributed by atoms with E-state index in [1.54, 1.807) is 36.3 Å². The molecule has 6 nitrogen and oxygen atoms in total. The van der Waals surface area contributed by atoms with Gasteiger partial charge in [0.15, 0.2) is 0 Å². The highest BCUT2D eigenvalue weighted by atomic mass is 35.5. The highest BCUT2D eigenvalue weighted by Gasteiger charge is 2.19. The van der Waals surface area contributed by atoms with Crippen LogP contribution >= 0.6 is 11.6 Å². The Morgan fingerprint density at radius 2 is 2.19 bits per heavy atom. The third-order valence-corrected chi connectivity index (χ3v) is 3.30. The van der Waals surface area contributed by atoms with Crippen molar-refractivity contribution in [3.63, 3.8) is 0 Å². The fourth-order valence-electron chi connectivity index (χ4n) is 1.96. The number of aromatic nitrogens is 2. The molecule has 1 amide bonds. The van der Waals surface area contributed by atoms with Gasteiger partial charge < -0.3 is 16.0 Å². The van der Waals surface area contributed by atoms with Crippen molar-refractivity contribution in [2.24, 2.45) is 12.8 Å². The molecule has 0 saturated carbocycles. The number of carbonyl (C=O) groups is 1. The topological polar surface area (TPSA) is 76.2 Å². The summed E-state index contributed by atoms with van der Waals surface area (Å²) in [6.45, 7) is 0. The molecule has 1 unspecified atom stereocenters. The number of aryl methyl sites for hydroxylation is 1. The van der Waals surface area contributed by atoms with Gasteiger partial charge in [0.2, 0.25) is 5.91 Å². The van der Waals surface area contributed by atoms with E-state index < -0.39 is 6.04 Å². The second-order valence-electron chi connectivity index (χ2n) is 4.97. The Morgan fingerprint density at radius 1 is 1.48 bits per heavy atom. The minimum absolute atomic E-state index is 0.312. The van der Waals surface area contributed by atoms with Crippen LogP contribution in [0.25, 0.3) is 0 Å². The van der Waals surface area contributed by atoms with Crippen LogP contribution in [-0.2, 0) is 11.8 Å². The van der Waals surface area contributed by atoms with Crippen LogP contribution in [0.3, 0.4) is 0 Å². The summed E-state index contributed by atoms with van der Waals surface area (Å²) >= 11 is 5.99. The van der Waals surface area contributed by atoms with Gasteiger partial charge in [0.05, 0.1) is 17.6 Å². The van der Waals surface area contributed by atoms with Crippen LogP contribution in [0.15, 0.2) is 30.6 Å². The zero-order valence-electron chi connectivity index (χ0n) is 12.2. The second-order valence-corrected chi connectivity index (χ2v) is 5.41. The molecule has 0 aliphatic rings. The minimum atomic E-state index is -0.785. The van der Waals surface area contributed by atoms with Crippen LogP contribution in [0, 0.1) is 0 Å². The Kier molecular flexibility index (Phi) is 4.50. The maximum Gasteiger partial charge on any atom is 0.246 e. The van der Waals surface area contributed by atoms with Gasteiger partial charge in [-0.1, -0.05) is 11.6 Å². The van der Waals surface area contributed by atoms with Crippen molar-refractivity contribution >= 4 is 28.9 Å². The van der Waals surface area contributed by atoms with E-state index in [-0.39, 0.29) is 5.91 Å². The van der Waals surface area contributed by atoms with E-state index in [0.717, 1.165) is 5.69 Å². The molecule has 2 rings (SSSR count). The molecule has 112 valence electrons. The van der Waals surface area contributed by atoms with Crippen LogP contribution in [0.4, 0.5) is 11.4 Å². The van der Waals surface area contributed by atoms with Crippen molar-refractivity contribution in [2.45, 2.75) is 6.04 Å². The quantitative estimate of drug-likeness (QED) is 0.902. The largest absolute Gasteiger partial charge is 0.376 e. The Hall–Kier alpha value is -2.05. The summed E-state index contributed by atoms with van der Waals surface area (Å²) in [5, 5.41) is 7.37. The van der Waals surface area contributed by atoms with Gasteiger partial charge in [-0.2, -0.15) is 5.10 Å². The van der Waals surface area contributed by atoms with Crippen LogP contribution in [0.1, 0.15) is 11.6 Å². The smallest absolute Gasteiger partial charge is 0.246 e. The van der Waals surface area contributed by atoms with E-state index in [2.05, 4.69) is 10.4 Å². The van der Waals surface area contributed by atoms with Crippen LogP contribution in [-0.4, -0.2) is 29.8 Å². The lowest BCUT2D eigenvalue weighted by molar-refractivity contribution is -0.117. The first kappa shape index (κ1) is 15.3. The van der Waals surface area contributed by atoms with Crippen molar-refractivity contribution in [3.8, 4) is 0 Å². The summed E-state index contributed by atoms with van der Waals surface area (Å²) in [5.74, 6) is -0.312. The molecule has 1 heterocycles. The summed E-state index contributed by atoms with van der Waals surface area (Å²) in [7, 11) is 5.55. The highest BCUT2D eigenvalue weighted by molar-refractivity contribution is 6.31. The minimum Gasteiger partial charge on any atom is -0.376 e. The average molecular weight is 308 g/mol. The SMILES string of the molecule is CN(C)c1ccc(Cl)cc1NC(=O)C(N)c1cnn(C)c1. The number of hydrogen-bond donors (Lipinski definition) is 2. The third-order valence-electron chi connectivity index (χ3n) is 3.06. The van der Waals surface area contributed by atoms with Gasteiger partial charge in [-0.15, -0.1) is 0 Å². The van der Waals surface area contributed by atoms with Gasteiger partial charge in [-0.05, 0) is 18.2 Å². The maximum atomic E-state index is 12.3. The lowest BCUT2D eigenvalue weighted by atomic mass is 10.1. The predicted octanol–water partition coefficient (Wildman–Crippen LogP) is 1.78. The van der Waals surface area contributed by atoms with Gasteiger partial charge in [0.1, 0.15) is 6.04 Å². The first-order chi connectivity index (χ1) is 9.88. The van der Waals surface area contributed by atoms with Crippen molar-refractivity contribution in [1.29, 1.82) is 0 Å². The molecule has 3 N–H and O–H groups in total. The molecule has 1 aromatic heterocycles. The first-order valence-corrected chi connectivity index (χ1v) is 6.78. The van der Waals surface area contributed by atoms with E-state index in [0.29, 0.717) is 16.3 Å². The number of nitrogens with two attached hydrogens (primary N) is 1. The molecule has 1 atom stereocenters. The predicted molar refractivity (Wildman–Crippen MR) is 84.5 cm³/mol. The monoisotopic (exact) mass is 307 g/mol. The van der Waals surface area contributed by atoms with Gasteiger partial charge in [0.25, 0.3) is 0 Å². The zero-order valence-corrected chi connectivity index (χ0v) is 12.9. The fraction of sp³-hybridized carbons (Fsp3) is 0.286. The summed E-state index contributed by atoms with van der Waals surface area (Å²) < 4.78 is 1.60.